The largest absolute Gasteiger partial charge is 0.481 e. The minimum Gasteiger partial charge on any atom is -0.481 e. The van der Waals surface area contributed by atoms with Crippen molar-refractivity contribution in [2.24, 2.45) is 5.41 Å². The second kappa shape index (κ2) is 9.64. The van der Waals surface area contributed by atoms with Crippen LogP contribution in [-0.4, -0.2) is 88.0 Å². The number of amides is 2. The van der Waals surface area contributed by atoms with Crippen LogP contribution in [0.25, 0.3) is 10.9 Å². The average Bonchev–Trinajstić information content (AvgIpc) is 3.19. The summed E-state index contributed by atoms with van der Waals surface area (Å²) in [5, 5.41) is 17.7. The molecule has 200 valence electrons. The van der Waals surface area contributed by atoms with E-state index in [1.54, 1.807) is 18.2 Å². The number of hydrogen-bond acceptors (Lipinski definition) is 7. The summed E-state index contributed by atoms with van der Waals surface area (Å²) in [7, 11) is 2.05. The zero-order chi connectivity index (χ0) is 26.6. The maximum absolute atomic E-state index is 13.2. The third kappa shape index (κ3) is 4.91. The van der Waals surface area contributed by atoms with Crippen molar-refractivity contribution in [1.29, 1.82) is 0 Å². The number of likely N-dealkylation sites (N-methyl/N-ethyl adjacent to an activating group) is 1. The number of aromatic nitrogens is 2. The zero-order valence-corrected chi connectivity index (χ0v) is 22.5. The molecule has 0 bridgehead atoms. The first kappa shape index (κ1) is 25.3. The molecule has 0 radical (unpaired) electrons. The van der Waals surface area contributed by atoms with Gasteiger partial charge in [0.05, 0.1) is 23.2 Å². The summed E-state index contributed by atoms with van der Waals surface area (Å²) < 4.78 is 0. The fourth-order valence-corrected chi connectivity index (χ4v) is 6.72. The number of likely N-dealkylation sites (tertiary alicyclic amines) is 1. The molecule has 10 nitrogen and oxygen atoms in total. The van der Waals surface area contributed by atoms with Gasteiger partial charge in [-0.2, -0.15) is 0 Å². The summed E-state index contributed by atoms with van der Waals surface area (Å²) in [6.07, 6.45) is 2.10. The van der Waals surface area contributed by atoms with E-state index in [9.17, 15) is 19.5 Å². The van der Waals surface area contributed by atoms with Gasteiger partial charge < -0.3 is 25.6 Å². The molecule has 12 heteroatoms. The second-order valence-electron chi connectivity index (χ2n) is 10.7. The number of carbonyl (C=O) groups is 3. The molecule has 2 fully saturated rings. The molecule has 0 unspecified atom stereocenters. The molecule has 2 amide bonds. The Morgan fingerprint density at radius 2 is 1.92 bits per heavy atom. The molecule has 3 aromatic rings. The van der Waals surface area contributed by atoms with Crippen molar-refractivity contribution in [2.45, 2.75) is 37.9 Å². The lowest BCUT2D eigenvalue weighted by Crippen LogP contribution is -2.51. The molecule has 1 saturated heterocycles. The Kier molecular flexibility index (Phi) is 6.42. The van der Waals surface area contributed by atoms with Crippen molar-refractivity contribution in [3.8, 4) is 0 Å². The van der Waals surface area contributed by atoms with Crippen LogP contribution in [0, 0.1) is 5.41 Å². The molecule has 4 heterocycles. The normalized spacial score (nSPS) is 22.8. The highest BCUT2D eigenvalue weighted by Gasteiger charge is 2.52. The maximum Gasteiger partial charge on any atom is 0.310 e. The number of nitrogens with zero attached hydrogens (tertiary/aromatic N) is 3. The minimum atomic E-state index is -0.791. The van der Waals surface area contributed by atoms with E-state index in [4.69, 9.17) is 11.6 Å². The van der Waals surface area contributed by atoms with Crippen LogP contribution in [0.5, 0.6) is 0 Å². The van der Waals surface area contributed by atoms with Crippen LogP contribution in [-0.2, 0) is 17.8 Å². The van der Waals surface area contributed by atoms with E-state index < -0.39 is 23.5 Å². The van der Waals surface area contributed by atoms with Crippen molar-refractivity contribution >= 4 is 51.6 Å². The van der Waals surface area contributed by atoms with Gasteiger partial charge in [0, 0.05) is 59.9 Å². The van der Waals surface area contributed by atoms with Crippen molar-refractivity contribution in [2.75, 3.05) is 33.2 Å². The SMILES string of the molecule is CN1CCc2nc(C(=O)N[C@@H]3CN(CC4(C(=O)O)CC4)C[C@H]3NC(=O)c3cc4cc(Cl)ccc4[nH]3)sc2C1. The molecule has 4 N–H and O–H groups in total. The Bertz CT molecular complexity index is 1430. The number of aromatic amines is 1. The van der Waals surface area contributed by atoms with Crippen molar-refractivity contribution < 1.29 is 19.5 Å². The number of fused-ring (bicyclic) bond motifs is 2. The van der Waals surface area contributed by atoms with Crippen LogP contribution >= 0.6 is 22.9 Å². The Hall–Kier alpha value is -2.99. The van der Waals surface area contributed by atoms with Gasteiger partial charge in [-0.3, -0.25) is 19.3 Å². The number of carbonyl (C=O) groups excluding carboxylic acids is 2. The van der Waals surface area contributed by atoms with E-state index in [0.717, 1.165) is 41.0 Å². The Balaban J connectivity index is 1.19. The first-order valence-corrected chi connectivity index (χ1v) is 13.9. The van der Waals surface area contributed by atoms with Crippen molar-refractivity contribution in [1.82, 2.24) is 30.4 Å². The summed E-state index contributed by atoms with van der Waals surface area (Å²) in [4.78, 5) is 51.3. The summed E-state index contributed by atoms with van der Waals surface area (Å²) in [5.74, 6) is -1.35. The molecule has 1 saturated carbocycles. The zero-order valence-electron chi connectivity index (χ0n) is 20.9. The van der Waals surface area contributed by atoms with E-state index in [0.29, 0.717) is 48.2 Å². The average molecular weight is 557 g/mol. The number of H-pyrrole nitrogens is 1. The predicted octanol–water partition coefficient (Wildman–Crippen LogP) is 2.34. The van der Waals surface area contributed by atoms with Gasteiger partial charge in [-0.1, -0.05) is 11.6 Å². The van der Waals surface area contributed by atoms with Gasteiger partial charge in [-0.25, -0.2) is 4.98 Å². The molecule has 0 spiro atoms. The smallest absolute Gasteiger partial charge is 0.310 e. The van der Waals surface area contributed by atoms with Gasteiger partial charge in [0.1, 0.15) is 5.69 Å². The standard InChI is InChI=1S/C26H29ClN6O4S/c1-32-7-4-17-21(12-32)38-24(31-17)23(35)30-20-11-33(13-26(5-6-26)25(36)37)10-19(20)29-22(34)18-9-14-8-15(27)2-3-16(14)28-18/h2-3,8-9,19-20,28H,4-7,10-13H2,1H3,(H,29,34)(H,30,35)(H,36,37)/t19-,20-/m1/s1. The summed E-state index contributed by atoms with van der Waals surface area (Å²) in [5.41, 5.74) is 1.44. The fourth-order valence-electron chi connectivity index (χ4n) is 5.45. The molecule has 2 atom stereocenters. The quantitative estimate of drug-likeness (QED) is 0.351. The molecule has 6 rings (SSSR count). The third-order valence-electron chi connectivity index (χ3n) is 7.81. The molecular formula is C26H29ClN6O4S. The number of halogens is 1. The highest BCUT2D eigenvalue weighted by molar-refractivity contribution is 7.13. The molecular weight excluding hydrogens is 528 g/mol. The van der Waals surface area contributed by atoms with Crippen LogP contribution in [0.3, 0.4) is 0 Å². The second-order valence-corrected chi connectivity index (χ2v) is 12.3. The van der Waals surface area contributed by atoms with Crippen LogP contribution in [0.15, 0.2) is 24.3 Å². The van der Waals surface area contributed by atoms with Crippen molar-refractivity contribution in [3.63, 3.8) is 0 Å². The lowest BCUT2D eigenvalue weighted by Gasteiger charge is -2.20. The van der Waals surface area contributed by atoms with Gasteiger partial charge in [0.15, 0.2) is 5.01 Å². The van der Waals surface area contributed by atoms with E-state index in [2.05, 4.69) is 25.5 Å². The first-order valence-electron chi connectivity index (χ1n) is 12.7. The lowest BCUT2D eigenvalue weighted by atomic mass is 10.1. The number of nitrogens with one attached hydrogen (secondary N) is 3. The number of carboxylic acids is 1. The van der Waals surface area contributed by atoms with E-state index in [-0.39, 0.29) is 11.8 Å². The highest BCUT2D eigenvalue weighted by atomic mass is 35.5. The summed E-state index contributed by atoms with van der Waals surface area (Å²) in [6, 6.07) is 6.33. The van der Waals surface area contributed by atoms with Crippen LogP contribution in [0.2, 0.25) is 5.02 Å². The topological polar surface area (TPSA) is 131 Å². The van der Waals surface area contributed by atoms with E-state index >= 15 is 0 Å². The fraction of sp³-hybridized carbons (Fsp3) is 0.462. The molecule has 2 aliphatic heterocycles. The van der Waals surface area contributed by atoms with E-state index in [1.165, 1.54) is 11.3 Å². The number of aliphatic carboxylic acids is 1. The number of rotatable bonds is 7. The third-order valence-corrected chi connectivity index (χ3v) is 9.12. The molecule has 2 aromatic heterocycles. The number of thiazole rings is 1. The Labute approximate surface area is 228 Å². The summed E-state index contributed by atoms with van der Waals surface area (Å²) >= 11 is 7.50. The maximum atomic E-state index is 13.2. The van der Waals surface area contributed by atoms with E-state index in [1.807, 2.05) is 18.0 Å². The monoisotopic (exact) mass is 556 g/mol. The van der Waals surface area contributed by atoms with Crippen LogP contribution in [0.4, 0.5) is 0 Å². The highest BCUT2D eigenvalue weighted by Crippen LogP contribution is 2.47. The van der Waals surface area contributed by atoms with Gasteiger partial charge >= 0.3 is 5.97 Å². The minimum absolute atomic E-state index is 0.266. The van der Waals surface area contributed by atoms with Gasteiger partial charge in [-0.15, -0.1) is 11.3 Å². The Morgan fingerprint density at radius 3 is 2.63 bits per heavy atom. The number of carboxylic acid groups (broad SMARTS) is 1. The number of benzene rings is 1. The van der Waals surface area contributed by atoms with Crippen LogP contribution in [0.1, 0.15) is 43.7 Å². The Morgan fingerprint density at radius 1 is 1.18 bits per heavy atom. The molecule has 1 aliphatic carbocycles. The number of hydrogen-bond donors (Lipinski definition) is 4. The van der Waals surface area contributed by atoms with Gasteiger partial charge in [0.25, 0.3) is 11.8 Å². The molecule has 1 aromatic carbocycles. The molecule has 3 aliphatic rings. The summed E-state index contributed by atoms with van der Waals surface area (Å²) in [6.45, 7) is 2.97. The van der Waals surface area contributed by atoms with Crippen molar-refractivity contribution in [3.05, 3.63) is 50.6 Å². The first-order chi connectivity index (χ1) is 18.2. The van der Waals surface area contributed by atoms with Gasteiger partial charge in [-0.05, 0) is 44.2 Å². The molecule has 38 heavy (non-hydrogen) atoms. The lowest BCUT2D eigenvalue weighted by molar-refractivity contribution is -0.144. The van der Waals surface area contributed by atoms with Crippen LogP contribution < -0.4 is 10.6 Å². The predicted molar refractivity (Wildman–Crippen MR) is 144 cm³/mol. The van der Waals surface area contributed by atoms with Gasteiger partial charge in [0.2, 0.25) is 0 Å².